The number of nitrogens with zero attached hydrogens (tertiary/aromatic N) is 4. The highest BCUT2D eigenvalue weighted by Gasteiger charge is 2.32. The minimum absolute atomic E-state index is 0.140. The van der Waals surface area contributed by atoms with Gasteiger partial charge in [0.2, 0.25) is 0 Å². The van der Waals surface area contributed by atoms with E-state index in [0.717, 1.165) is 25.9 Å². The van der Waals surface area contributed by atoms with Crippen molar-refractivity contribution in [1.82, 2.24) is 25.2 Å². The Kier molecular flexibility index (Phi) is 3.02. The molecule has 3 rings (SSSR count). The van der Waals surface area contributed by atoms with Crippen molar-refractivity contribution in [2.24, 2.45) is 0 Å². The standard InChI is InChI=1S/C12H19N5O2/c1-12(19)3-2-4-16(8-12)11(18)10-7-17(15-14-10)9-5-13-6-9/h7,9,13,19H,2-6,8H2,1H3. The molecule has 2 saturated heterocycles. The Morgan fingerprint density at radius 3 is 3.00 bits per heavy atom. The Labute approximate surface area is 111 Å². The first-order valence-electron chi connectivity index (χ1n) is 6.69. The Hall–Kier alpha value is -1.47. The average Bonchev–Trinajstić information content (AvgIpc) is 2.73. The lowest BCUT2D eigenvalue weighted by molar-refractivity contribution is -0.0109. The van der Waals surface area contributed by atoms with Gasteiger partial charge in [-0.25, -0.2) is 4.68 Å². The van der Waals surface area contributed by atoms with Crippen LogP contribution in [0.2, 0.25) is 0 Å². The SMILES string of the molecule is CC1(O)CCCN(C(=O)c2cn(C3CNC3)nn2)C1. The van der Waals surface area contributed by atoms with Gasteiger partial charge in [0.15, 0.2) is 5.69 Å². The lowest BCUT2D eigenvalue weighted by Gasteiger charge is -2.36. The molecule has 0 saturated carbocycles. The molecule has 2 fully saturated rings. The highest BCUT2D eigenvalue weighted by atomic mass is 16.3. The third-order valence-corrected chi connectivity index (χ3v) is 3.83. The number of hydrogen-bond acceptors (Lipinski definition) is 5. The van der Waals surface area contributed by atoms with Crippen LogP contribution in [-0.4, -0.2) is 62.7 Å². The van der Waals surface area contributed by atoms with Crippen LogP contribution in [0.25, 0.3) is 0 Å². The lowest BCUT2D eigenvalue weighted by Crippen LogP contribution is -2.48. The van der Waals surface area contributed by atoms with Crippen molar-refractivity contribution < 1.29 is 9.90 Å². The van der Waals surface area contributed by atoms with Crippen LogP contribution < -0.4 is 5.32 Å². The molecule has 2 N–H and O–H groups in total. The van der Waals surface area contributed by atoms with E-state index in [1.54, 1.807) is 22.7 Å². The quantitative estimate of drug-likeness (QED) is 0.747. The van der Waals surface area contributed by atoms with Crippen molar-refractivity contribution in [3.05, 3.63) is 11.9 Å². The van der Waals surface area contributed by atoms with Crippen LogP contribution in [0.5, 0.6) is 0 Å². The maximum absolute atomic E-state index is 12.3. The molecule has 104 valence electrons. The Morgan fingerprint density at radius 1 is 1.58 bits per heavy atom. The fourth-order valence-corrected chi connectivity index (χ4v) is 2.57. The number of rotatable bonds is 2. The molecular weight excluding hydrogens is 246 g/mol. The molecule has 7 heteroatoms. The van der Waals surface area contributed by atoms with Crippen LogP contribution in [0.4, 0.5) is 0 Å². The van der Waals surface area contributed by atoms with E-state index in [1.165, 1.54) is 0 Å². The second-order valence-corrected chi connectivity index (χ2v) is 5.72. The molecule has 1 aromatic heterocycles. The summed E-state index contributed by atoms with van der Waals surface area (Å²) in [6, 6.07) is 0.304. The first kappa shape index (κ1) is 12.6. The number of amides is 1. The predicted molar refractivity (Wildman–Crippen MR) is 67.7 cm³/mol. The largest absolute Gasteiger partial charge is 0.388 e. The third kappa shape index (κ3) is 2.48. The topological polar surface area (TPSA) is 83.3 Å². The molecule has 19 heavy (non-hydrogen) atoms. The van der Waals surface area contributed by atoms with Gasteiger partial charge in [-0.05, 0) is 19.8 Å². The van der Waals surface area contributed by atoms with Gasteiger partial charge in [-0.3, -0.25) is 4.79 Å². The Morgan fingerprint density at radius 2 is 2.37 bits per heavy atom. The van der Waals surface area contributed by atoms with E-state index < -0.39 is 5.60 Å². The second-order valence-electron chi connectivity index (χ2n) is 5.72. The summed E-state index contributed by atoms with van der Waals surface area (Å²) in [4.78, 5) is 14.0. The second kappa shape index (κ2) is 4.57. The summed E-state index contributed by atoms with van der Waals surface area (Å²) in [6.45, 7) is 4.55. The molecule has 0 aromatic carbocycles. The molecule has 1 amide bonds. The van der Waals surface area contributed by atoms with Gasteiger partial charge < -0.3 is 15.3 Å². The first-order valence-corrected chi connectivity index (χ1v) is 6.69. The zero-order chi connectivity index (χ0) is 13.5. The van der Waals surface area contributed by atoms with E-state index >= 15 is 0 Å². The molecule has 0 spiro atoms. The van der Waals surface area contributed by atoms with Crippen molar-refractivity contribution >= 4 is 5.91 Å². The lowest BCUT2D eigenvalue weighted by atomic mass is 9.95. The van der Waals surface area contributed by atoms with Gasteiger partial charge in [0, 0.05) is 26.2 Å². The maximum Gasteiger partial charge on any atom is 0.276 e. The van der Waals surface area contributed by atoms with Crippen LogP contribution in [0.1, 0.15) is 36.3 Å². The number of piperidine rings is 1. The summed E-state index contributed by atoms with van der Waals surface area (Å²) in [5, 5.41) is 21.2. The number of aliphatic hydroxyl groups is 1. The van der Waals surface area contributed by atoms with Crippen molar-refractivity contribution in [2.75, 3.05) is 26.2 Å². The number of carbonyl (C=O) groups excluding carboxylic acids is 1. The normalized spacial score (nSPS) is 28.2. The van der Waals surface area contributed by atoms with Crippen molar-refractivity contribution in [1.29, 1.82) is 0 Å². The zero-order valence-corrected chi connectivity index (χ0v) is 11.0. The van der Waals surface area contributed by atoms with E-state index in [4.69, 9.17) is 0 Å². The zero-order valence-electron chi connectivity index (χ0n) is 11.0. The summed E-state index contributed by atoms with van der Waals surface area (Å²) in [5.41, 5.74) is -0.425. The van der Waals surface area contributed by atoms with E-state index in [-0.39, 0.29) is 5.91 Å². The van der Waals surface area contributed by atoms with Gasteiger partial charge >= 0.3 is 0 Å². The molecule has 0 radical (unpaired) electrons. The Balaban J connectivity index is 1.70. The van der Waals surface area contributed by atoms with Gasteiger partial charge in [-0.15, -0.1) is 5.10 Å². The molecule has 3 heterocycles. The number of β-amino-alcohol motifs (C(OH)–C–C–N with tert-alkyl or cyclic N) is 1. The molecule has 0 aliphatic carbocycles. The predicted octanol–water partition coefficient (Wildman–Crippen LogP) is -0.591. The van der Waals surface area contributed by atoms with E-state index in [2.05, 4.69) is 15.6 Å². The number of aromatic nitrogens is 3. The van der Waals surface area contributed by atoms with Gasteiger partial charge in [-0.1, -0.05) is 5.21 Å². The fraction of sp³-hybridized carbons (Fsp3) is 0.750. The molecule has 2 aliphatic rings. The smallest absolute Gasteiger partial charge is 0.276 e. The number of carbonyl (C=O) groups is 1. The van der Waals surface area contributed by atoms with E-state index in [9.17, 15) is 9.90 Å². The minimum atomic E-state index is -0.790. The molecule has 7 nitrogen and oxygen atoms in total. The van der Waals surface area contributed by atoms with Crippen LogP contribution in [0, 0.1) is 0 Å². The van der Waals surface area contributed by atoms with Crippen LogP contribution in [-0.2, 0) is 0 Å². The maximum atomic E-state index is 12.3. The monoisotopic (exact) mass is 265 g/mol. The summed E-state index contributed by atoms with van der Waals surface area (Å²) >= 11 is 0. The number of likely N-dealkylation sites (tertiary alicyclic amines) is 1. The summed E-state index contributed by atoms with van der Waals surface area (Å²) in [7, 11) is 0. The van der Waals surface area contributed by atoms with Gasteiger partial charge in [0.25, 0.3) is 5.91 Å². The van der Waals surface area contributed by atoms with Gasteiger partial charge in [0.1, 0.15) is 0 Å². The third-order valence-electron chi connectivity index (χ3n) is 3.83. The highest BCUT2D eigenvalue weighted by molar-refractivity contribution is 5.92. The molecule has 2 aliphatic heterocycles. The molecule has 1 unspecified atom stereocenters. The summed E-state index contributed by atoms with van der Waals surface area (Å²) in [5.74, 6) is -0.140. The van der Waals surface area contributed by atoms with E-state index in [1.807, 2.05) is 0 Å². The fourth-order valence-electron chi connectivity index (χ4n) is 2.57. The van der Waals surface area contributed by atoms with Crippen molar-refractivity contribution in [3.8, 4) is 0 Å². The van der Waals surface area contributed by atoms with Crippen molar-refractivity contribution in [3.63, 3.8) is 0 Å². The Bertz CT molecular complexity index is 480. The highest BCUT2D eigenvalue weighted by Crippen LogP contribution is 2.21. The summed E-state index contributed by atoms with van der Waals surface area (Å²) < 4.78 is 1.74. The molecular formula is C12H19N5O2. The molecule has 1 aromatic rings. The van der Waals surface area contributed by atoms with Gasteiger partial charge in [0.05, 0.1) is 17.8 Å². The first-order chi connectivity index (χ1) is 9.05. The molecule has 0 bridgehead atoms. The number of nitrogens with one attached hydrogen (secondary N) is 1. The molecule has 1 atom stereocenters. The van der Waals surface area contributed by atoms with Crippen LogP contribution in [0.3, 0.4) is 0 Å². The average molecular weight is 265 g/mol. The van der Waals surface area contributed by atoms with Gasteiger partial charge in [-0.2, -0.15) is 0 Å². The van der Waals surface area contributed by atoms with Crippen molar-refractivity contribution in [2.45, 2.75) is 31.4 Å². The van der Waals surface area contributed by atoms with E-state index in [0.29, 0.717) is 24.8 Å². The number of hydrogen-bond donors (Lipinski definition) is 2. The minimum Gasteiger partial charge on any atom is -0.388 e. The van der Waals surface area contributed by atoms with Crippen LogP contribution >= 0.6 is 0 Å². The summed E-state index contributed by atoms with van der Waals surface area (Å²) in [6.07, 6.45) is 3.26. The van der Waals surface area contributed by atoms with Crippen LogP contribution in [0.15, 0.2) is 6.20 Å².